The molecule has 1 rings (SSSR count). The van der Waals surface area contributed by atoms with Crippen LogP contribution in [0.4, 0.5) is 5.69 Å². The zero-order valence-electron chi connectivity index (χ0n) is 10.3. The number of hydrogen-bond donors (Lipinski definition) is 2. The van der Waals surface area contributed by atoms with Crippen LogP contribution < -0.4 is 11.1 Å². The summed E-state index contributed by atoms with van der Waals surface area (Å²) in [6, 6.07) is 4.34. The number of benzene rings is 1. The molecule has 1 amide bonds. The molecule has 98 valence electrons. The molecule has 0 aromatic heterocycles. The molecule has 0 heterocycles. The SMILES string of the molecule is Cc1cc(C(=O)NCCCCN)ccc1[N+](=O)[O-]. The highest BCUT2D eigenvalue weighted by Gasteiger charge is 2.13. The van der Waals surface area contributed by atoms with Crippen LogP contribution in [0.1, 0.15) is 28.8 Å². The molecule has 0 atom stereocenters. The lowest BCUT2D eigenvalue weighted by molar-refractivity contribution is -0.385. The van der Waals surface area contributed by atoms with E-state index in [1.165, 1.54) is 18.2 Å². The lowest BCUT2D eigenvalue weighted by Crippen LogP contribution is -2.24. The lowest BCUT2D eigenvalue weighted by atomic mass is 10.1. The second-order valence-electron chi connectivity index (χ2n) is 4.01. The van der Waals surface area contributed by atoms with Gasteiger partial charge < -0.3 is 11.1 Å². The van der Waals surface area contributed by atoms with Crippen LogP contribution in [-0.2, 0) is 0 Å². The number of carbonyl (C=O) groups excluding carboxylic acids is 1. The fourth-order valence-corrected chi connectivity index (χ4v) is 1.57. The van der Waals surface area contributed by atoms with Gasteiger partial charge >= 0.3 is 0 Å². The third-order valence-corrected chi connectivity index (χ3v) is 2.57. The van der Waals surface area contributed by atoms with Crippen LogP contribution in [0, 0.1) is 17.0 Å². The third kappa shape index (κ3) is 3.81. The number of amides is 1. The number of hydrogen-bond acceptors (Lipinski definition) is 4. The van der Waals surface area contributed by atoms with Crippen molar-refractivity contribution in [2.75, 3.05) is 13.1 Å². The Bertz CT molecular complexity index is 446. The molecule has 0 saturated heterocycles. The fraction of sp³-hybridized carbons (Fsp3) is 0.417. The van der Waals surface area contributed by atoms with Crippen molar-refractivity contribution in [3.63, 3.8) is 0 Å². The van der Waals surface area contributed by atoms with E-state index in [1.54, 1.807) is 6.92 Å². The first-order valence-corrected chi connectivity index (χ1v) is 5.79. The Balaban J connectivity index is 2.64. The summed E-state index contributed by atoms with van der Waals surface area (Å²) in [7, 11) is 0. The molecule has 1 aromatic carbocycles. The number of aryl methyl sites for hydroxylation is 1. The van der Waals surface area contributed by atoms with Crippen molar-refractivity contribution in [3.05, 3.63) is 39.4 Å². The van der Waals surface area contributed by atoms with E-state index in [4.69, 9.17) is 5.73 Å². The van der Waals surface area contributed by atoms with Gasteiger partial charge in [-0.1, -0.05) is 0 Å². The normalized spacial score (nSPS) is 10.1. The number of nitrogens with zero attached hydrogens (tertiary/aromatic N) is 1. The maximum absolute atomic E-state index is 11.7. The Kier molecular flexibility index (Phi) is 5.26. The van der Waals surface area contributed by atoms with Crippen molar-refractivity contribution < 1.29 is 9.72 Å². The van der Waals surface area contributed by atoms with Crippen LogP contribution in [0.25, 0.3) is 0 Å². The quantitative estimate of drug-likeness (QED) is 0.453. The van der Waals surface area contributed by atoms with E-state index in [-0.39, 0.29) is 11.6 Å². The summed E-state index contributed by atoms with van der Waals surface area (Å²) in [5.41, 5.74) is 6.28. The average Bonchev–Trinajstić information content (AvgIpc) is 2.33. The molecule has 6 nitrogen and oxygen atoms in total. The highest BCUT2D eigenvalue weighted by molar-refractivity contribution is 5.94. The van der Waals surface area contributed by atoms with E-state index in [9.17, 15) is 14.9 Å². The number of nitrogens with one attached hydrogen (secondary N) is 1. The predicted molar refractivity (Wildman–Crippen MR) is 68.5 cm³/mol. The molecule has 3 N–H and O–H groups in total. The van der Waals surface area contributed by atoms with E-state index in [0.717, 1.165) is 12.8 Å². The highest BCUT2D eigenvalue weighted by Crippen LogP contribution is 2.18. The monoisotopic (exact) mass is 251 g/mol. The minimum absolute atomic E-state index is 0.0229. The van der Waals surface area contributed by atoms with Crippen LogP contribution in [0.2, 0.25) is 0 Å². The zero-order chi connectivity index (χ0) is 13.5. The van der Waals surface area contributed by atoms with Gasteiger partial charge in [0.05, 0.1) is 4.92 Å². The second-order valence-corrected chi connectivity index (χ2v) is 4.01. The summed E-state index contributed by atoms with van der Waals surface area (Å²) in [5, 5.41) is 13.4. The molecule has 0 spiro atoms. The lowest BCUT2D eigenvalue weighted by Gasteiger charge is -2.05. The molecule has 0 aliphatic heterocycles. The van der Waals surface area contributed by atoms with Crippen LogP contribution in [0.15, 0.2) is 18.2 Å². The predicted octanol–water partition coefficient (Wildman–Crippen LogP) is 1.37. The molecule has 18 heavy (non-hydrogen) atoms. The summed E-state index contributed by atoms with van der Waals surface area (Å²) in [6.07, 6.45) is 1.69. The smallest absolute Gasteiger partial charge is 0.272 e. The molecular formula is C12H17N3O3. The number of nitro benzene ring substituents is 1. The van der Waals surface area contributed by atoms with Gasteiger partial charge in [0.25, 0.3) is 11.6 Å². The Hall–Kier alpha value is -1.95. The van der Waals surface area contributed by atoms with Gasteiger partial charge in [0, 0.05) is 23.7 Å². The second kappa shape index (κ2) is 6.70. The molecule has 0 aliphatic carbocycles. The summed E-state index contributed by atoms with van der Waals surface area (Å²) >= 11 is 0. The number of nitro groups is 1. The van der Waals surface area contributed by atoms with Crippen LogP contribution in [0.3, 0.4) is 0 Å². The summed E-state index contributed by atoms with van der Waals surface area (Å²) in [4.78, 5) is 21.9. The summed E-state index contributed by atoms with van der Waals surface area (Å²) in [5.74, 6) is -0.218. The van der Waals surface area contributed by atoms with E-state index >= 15 is 0 Å². The number of nitrogens with two attached hydrogens (primary N) is 1. The van der Waals surface area contributed by atoms with Gasteiger partial charge in [0.15, 0.2) is 0 Å². The maximum Gasteiger partial charge on any atom is 0.272 e. The number of carbonyl (C=O) groups is 1. The topological polar surface area (TPSA) is 98.3 Å². The molecule has 0 bridgehead atoms. The van der Waals surface area contributed by atoms with Gasteiger partial charge in [0.1, 0.15) is 0 Å². The maximum atomic E-state index is 11.7. The molecule has 0 aliphatic rings. The van der Waals surface area contributed by atoms with Crippen molar-refractivity contribution >= 4 is 11.6 Å². The molecule has 0 radical (unpaired) electrons. The minimum Gasteiger partial charge on any atom is -0.352 e. The summed E-state index contributed by atoms with van der Waals surface area (Å²) < 4.78 is 0. The van der Waals surface area contributed by atoms with Crippen LogP contribution in [0.5, 0.6) is 0 Å². The Labute approximate surface area is 105 Å². The molecule has 0 unspecified atom stereocenters. The highest BCUT2D eigenvalue weighted by atomic mass is 16.6. The first kappa shape index (κ1) is 14.1. The Morgan fingerprint density at radius 3 is 2.72 bits per heavy atom. The van der Waals surface area contributed by atoms with Crippen molar-refractivity contribution in [2.45, 2.75) is 19.8 Å². The van der Waals surface area contributed by atoms with Crippen molar-refractivity contribution in [3.8, 4) is 0 Å². The molecule has 6 heteroatoms. The van der Waals surface area contributed by atoms with E-state index in [1.807, 2.05) is 0 Å². The first-order valence-electron chi connectivity index (χ1n) is 5.79. The van der Waals surface area contributed by atoms with Gasteiger partial charge in [-0.15, -0.1) is 0 Å². The van der Waals surface area contributed by atoms with E-state index in [0.29, 0.717) is 24.2 Å². The van der Waals surface area contributed by atoms with Crippen LogP contribution >= 0.6 is 0 Å². The molecule has 1 aromatic rings. The van der Waals surface area contributed by atoms with Gasteiger partial charge in [0.2, 0.25) is 0 Å². The van der Waals surface area contributed by atoms with Gasteiger partial charge in [-0.05, 0) is 38.4 Å². The van der Waals surface area contributed by atoms with Gasteiger partial charge in [-0.3, -0.25) is 14.9 Å². The van der Waals surface area contributed by atoms with E-state index < -0.39 is 4.92 Å². The minimum atomic E-state index is -0.460. The number of rotatable bonds is 6. The Morgan fingerprint density at radius 2 is 2.17 bits per heavy atom. The molecular weight excluding hydrogens is 234 g/mol. The third-order valence-electron chi connectivity index (χ3n) is 2.57. The fourth-order valence-electron chi connectivity index (χ4n) is 1.57. The van der Waals surface area contributed by atoms with Gasteiger partial charge in [-0.25, -0.2) is 0 Å². The molecule has 0 saturated carbocycles. The van der Waals surface area contributed by atoms with Crippen LogP contribution in [-0.4, -0.2) is 23.9 Å². The van der Waals surface area contributed by atoms with Crippen molar-refractivity contribution in [2.24, 2.45) is 5.73 Å². The number of unbranched alkanes of at least 4 members (excludes halogenated alkanes) is 1. The largest absolute Gasteiger partial charge is 0.352 e. The first-order chi connectivity index (χ1) is 8.56. The Morgan fingerprint density at radius 1 is 1.44 bits per heavy atom. The molecule has 0 fully saturated rings. The van der Waals surface area contributed by atoms with Crippen molar-refractivity contribution in [1.82, 2.24) is 5.32 Å². The van der Waals surface area contributed by atoms with Gasteiger partial charge in [-0.2, -0.15) is 0 Å². The summed E-state index contributed by atoms with van der Waals surface area (Å²) in [6.45, 7) is 2.78. The van der Waals surface area contributed by atoms with Crippen molar-refractivity contribution in [1.29, 1.82) is 0 Å². The average molecular weight is 251 g/mol. The zero-order valence-corrected chi connectivity index (χ0v) is 10.3. The standard InChI is InChI=1S/C12H17N3O3/c1-9-8-10(4-5-11(9)15(17)18)12(16)14-7-3-2-6-13/h4-5,8H,2-3,6-7,13H2,1H3,(H,14,16). The van der Waals surface area contributed by atoms with E-state index in [2.05, 4.69) is 5.32 Å².